The molecule has 0 aliphatic carbocycles. The standard InChI is InChI=1S/C21H14Cl2N2O2/c22-17-7-10-19(23)20(11-17)25-21(26)13-27-18-8-5-16(6-9-18)15-3-1-14(12-24)2-4-15/h1-11H,13H2,(H,25,26). The van der Waals surface area contributed by atoms with Crippen LogP contribution in [0.4, 0.5) is 5.69 Å². The second kappa shape index (κ2) is 8.59. The van der Waals surface area contributed by atoms with Crippen LogP contribution in [0.25, 0.3) is 11.1 Å². The van der Waals surface area contributed by atoms with Crippen molar-refractivity contribution in [3.63, 3.8) is 0 Å². The zero-order valence-corrected chi connectivity index (χ0v) is 15.6. The number of anilines is 1. The van der Waals surface area contributed by atoms with Crippen molar-refractivity contribution in [2.45, 2.75) is 0 Å². The summed E-state index contributed by atoms with van der Waals surface area (Å²) in [6.07, 6.45) is 0. The van der Waals surface area contributed by atoms with Gasteiger partial charge in [-0.05, 0) is 53.6 Å². The molecule has 0 fully saturated rings. The van der Waals surface area contributed by atoms with E-state index in [1.807, 2.05) is 24.3 Å². The molecule has 0 aliphatic rings. The average Bonchev–Trinajstić information content (AvgIpc) is 2.70. The van der Waals surface area contributed by atoms with Crippen LogP contribution < -0.4 is 10.1 Å². The third kappa shape index (κ3) is 5.01. The summed E-state index contributed by atoms with van der Waals surface area (Å²) in [4.78, 5) is 12.0. The first-order valence-electron chi connectivity index (χ1n) is 8.03. The lowest BCUT2D eigenvalue weighted by molar-refractivity contribution is -0.118. The highest BCUT2D eigenvalue weighted by molar-refractivity contribution is 6.35. The summed E-state index contributed by atoms with van der Waals surface area (Å²) < 4.78 is 5.51. The van der Waals surface area contributed by atoms with Crippen molar-refractivity contribution < 1.29 is 9.53 Å². The van der Waals surface area contributed by atoms with E-state index in [2.05, 4.69) is 11.4 Å². The lowest BCUT2D eigenvalue weighted by Crippen LogP contribution is -2.20. The Balaban J connectivity index is 1.59. The molecule has 1 amide bonds. The number of carbonyl (C=O) groups excluding carboxylic acids is 1. The first-order valence-corrected chi connectivity index (χ1v) is 8.79. The van der Waals surface area contributed by atoms with Gasteiger partial charge >= 0.3 is 0 Å². The van der Waals surface area contributed by atoms with Crippen LogP contribution in [0.1, 0.15) is 5.56 Å². The normalized spacial score (nSPS) is 10.1. The molecule has 0 radical (unpaired) electrons. The van der Waals surface area contributed by atoms with E-state index in [-0.39, 0.29) is 12.5 Å². The van der Waals surface area contributed by atoms with Crippen LogP contribution in [0.5, 0.6) is 5.75 Å². The fourth-order valence-corrected chi connectivity index (χ4v) is 2.75. The summed E-state index contributed by atoms with van der Waals surface area (Å²) in [5.41, 5.74) is 3.04. The monoisotopic (exact) mass is 396 g/mol. The van der Waals surface area contributed by atoms with Crippen LogP contribution in [0, 0.1) is 11.3 Å². The minimum Gasteiger partial charge on any atom is -0.484 e. The molecule has 1 N–H and O–H groups in total. The number of carbonyl (C=O) groups is 1. The van der Waals surface area contributed by atoms with E-state index in [4.69, 9.17) is 33.2 Å². The van der Waals surface area contributed by atoms with Crippen LogP contribution in [0.15, 0.2) is 66.7 Å². The van der Waals surface area contributed by atoms with Gasteiger partial charge in [0.25, 0.3) is 5.91 Å². The van der Waals surface area contributed by atoms with E-state index in [1.54, 1.807) is 42.5 Å². The van der Waals surface area contributed by atoms with E-state index in [1.165, 1.54) is 0 Å². The molecule has 0 bridgehead atoms. The molecule has 4 nitrogen and oxygen atoms in total. The van der Waals surface area contributed by atoms with Crippen molar-refractivity contribution in [1.29, 1.82) is 5.26 Å². The molecule has 3 aromatic carbocycles. The number of ether oxygens (including phenoxy) is 1. The molecule has 3 aromatic rings. The molecule has 0 saturated heterocycles. The molecule has 134 valence electrons. The molecule has 6 heteroatoms. The van der Waals surface area contributed by atoms with Gasteiger partial charge in [-0.25, -0.2) is 0 Å². The summed E-state index contributed by atoms with van der Waals surface area (Å²) >= 11 is 11.9. The fraction of sp³-hybridized carbons (Fsp3) is 0.0476. The maximum atomic E-state index is 12.0. The van der Waals surface area contributed by atoms with Gasteiger partial charge in [0.2, 0.25) is 0 Å². The van der Waals surface area contributed by atoms with E-state index in [0.29, 0.717) is 27.0 Å². The molecule has 27 heavy (non-hydrogen) atoms. The number of hydrogen-bond donors (Lipinski definition) is 1. The van der Waals surface area contributed by atoms with Gasteiger partial charge in [-0.15, -0.1) is 0 Å². The smallest absolute Gasteiger partial charge is 0.262 e. The molecular formula is C21H14Cl2N2O2. The SMILES string of the molecule is N#Cc1ccc(-c2ccc(OCC(=O)Nc3cc(Cl)ccc3Cl)cc2)cc1. The Kier molecular flexibility index (Phi) is 5.97. The fourth-order valence-electron chi connectivity index (χ4n) is 2.41. The molecule has 3 rings (SSSR count). The van der Waals surface area contributed by atoms with Crippen LogP contribution in [0.2, 0.25) is 10.0 Å². The van der Waals surface area contributed by atoms with Crippen molar-refractivity contribution in [1.82, 2.24) is 0 Å². The predicted molar refractivity (Wildman–Crippen MR) is 107 cm³/mol. The van der Waals surface area contributed by atoms with Gasteiger partial charge in [-0.2, -0.15) is 5.26 Å². The van der Waals surface area contributed by atoms with Crippen LogP contribution in [-0.2, 0) is 4.79 Å². The van der Waals surface area contributed by atoms with Crippen molar-refractivity contribution in [3.8, 4) is 22.9 Å². The lowest BCUT2D eigenvalue weighted by atomic mass is 10.0. The van der Waals surface area contributed by atoms with Gasteiger partial charge in [-0.3, -0.25) is 4.79 Å². The van der Waals surface area contributed by atoms with Crippen molar-refractivity contribution in [2.75, 3.05) is 11.9 Å². The summed E-state index contributed by atoms with van der Waals surface area (Å²) in [6.45, 7) is -0.154. The van der Waals surface area contributed by atoms with Crippen LogP contribution in [-0.4, -0.2) is 12.5 Å². The number of nitriles is 1. The molecule has 0 spiro atoms. The lowest BCUT2D eigenvalue weighted by Gasteiger charge is -2.10. The Morgan fingerprint density at radius 1 is 0.963 bits per heavy atom. The number of benzene rings is 3. The topological polar surface area (TPSA) is 62.1 Å². The number of nitrogens with zero attached hydrogens (tertiary/aromatic N) is 1. The number of nitrogens with one attached hydrogen (secondary N) is 1. The Hall–Kier alpha value is -3.00. The number of hydrogen-bond acceptors (Lipinski definition) is 3. The van der Waals surface area contributed by atoms with E-state index in [9.17, 15) is 4.79 Å². The Morgan fingerprint density at radius 3 is 2.22 bits per heavy atom. The summed E-state index contributed by atoms with van der Waals surface area (Å²) in [6, 6.07) is 21.6. The van der Waals surface area contributed by atoms with Gasteiger partial charge in [-0.1, -0.05) is 47.5 Å². The summed E-state index contributed by atoms with van der Waals surface area (Å²) in [7, 11) is 0. The number of rotatable bonds is 5. The van der Waals surface area contributed by atoms with Gasteiger partial charge in [0.05, 0.1) is 22.3 Å². The molecule has 0 heterocycles. The summed E-state index contributed by atoms with van der Waals surface area (Å²) in [5.74, 6) is 0.232. The predicted octanol–water partition coefficient (Wildman–Crippen LogP) is 5.55. The van der Waals surface area contributed by atoms with E-state index < -0.39 is 0 Å². The van der Waals surface area contributed by atoms with Crippen molar-refractivity contribution >= 4 is 34.8 Å². The van der Waals surface area contributed by atoms with Gasteiger partial charge in [0, 0.05) is 5.02 Å². The Morgan fingerprint density at radius 2 is 1.59 bits per heavy atom. The second-order valence-electron chi connectivity index (χ2n) is 5.67. The Bertz CT molecular complexity index is 994. The molecule has 0 aromatic heterocycles. The highest BCUT2D eigenvalue weighted by Gasteiger charge is 2.08. The minimum absolute atomic E-state index is 0.154. The van der Waals surface area contributed by atoms with Gasteiger partial charge in [0.15, 0.2) is 6.61 Å². The molecular weight excluding hydrogens is 383 g/mol. The average molecular weight is 397 g/mol. The van der Waals surface area contributed by atoms with Gasteiger partial charge in [0.1, 0.15) is 5.75 Å². The van der Waals surface area contributed by atoms with Gasteiger partial charge < -0.3 is 10.1 Å². The minimum atomic E-state index is -0.338. The summed E-state index contributed by atoms with van der Waals surface area (Å²) in [5, 5.41) is 12.4. The highest BCUT2D eigenvalue weighted by Crippen LogP contribution is 2.26. The quantitative estimate of drug-likeness (QED) is 0.614. The largest absolute Gasteiger partial charge is 0.484 e. The third-order valence-electron chi connectivity index (χ3n) is 3.77. The second-order valence-corrected chi connectivity index (χ2v) is 6.52. The number of halogens is 2. The number of amides is 1. The van der Waals surface area contributed by atoms with Crippen LogP contribution >= 0.6 is 23.2 Å². The molecule has 0 aliphatic heterocycles. The molecule has 0 atom stereocenters. The maximum absolute atomic E-state index is 12.0. The Labute approximate surface area is 166 Å². The maximum Gasteiger partial charge on any atom is 0.262 e. The van der Waals surface area contributed by atoms with E-state index >= 15 is 0 Å². The zero-order valence-electron chi connectivity index (χ0n) is 14.1. The van der Waals surface area contributed by atoms with Crippen molar-refractivity contribution in [2.24, 2.45) is 0 Å². The molecule has 0 unspecified atom stereocenters. The first-order chi connectivity index (χ1) is 13.0. The van der Waals surface area contributed by atoms with Crippen LogP contribution in [0.3, 0.4) is 0 Å². The van der Waals surface area contributed by atoms with E-state index in [0.717, 1.165) is 11.1 Å². The molecule has 0 saturated carbocycles. The van der Waals surface area contributed by atoms with Crippen molar-refractivity contribution in [3.05, 3.63) is 82.3 Å². The first kappa shape index (κ1) is 18.8. The highest BCUT2D eigenvalue weighted by atomic mass is 35.5. The third-order valence-corrected chi connectivity index (χ3v) is 4.34. The zero-order chi connectivity index (χ0) is 19.2.